The molecule has 2 heterocycles. The molecule has 5 heteroatoms. The molecule has 1 amide bonds. The molecule has 0 N–H and O–H groups in total. The minimum atomic E-state index is 0.0999. The zero-order valence-corrected chi connectivity index (χ0v) is 14.6. The van der Waals surface area contributed by atoms with Crippen molar-refractivity contribution in [1.29, 1.82) is 0 Å². The molecule has 3 rings (SSSR count). The maximum atomic E-state index is 12.7. The lowest BCUT2D eigenvalue weighted by atomic mass is 10.0. The van der Waals surface area contributed by atoms with Crippen molar-refractivity contribution >= 4 is 5.91 Å². The van der Waals surface area contributed by atoms with Gasteiger partial charge < -0.3 is 19.1 Å². The molecular weight excluding hydrogens is 306 g/mol. The number of carbonyl (C=O) groups is 1. The molecule has 2 saturated heterocycles. The van der Waals surface area contributed by atoms with Crippen LogP contribution >= 0.6 is 0 Å². The second kappa shape index (κ2) is 7.88. The fourth-order valence-corrected chi connectivity index (χ4v) is 3.78. The molecule has 2 fully saturated rings. The van der Waals surface area contributed by atoms with E-state index in [1.807, 2.05) is 23.1 Å². The van der Waals surface area contributed by atoms with Gasteiger partial charge in [-0.2, -0.15) is 0 Å². The maximum Gasteiger partial charge on any atom is 0.223 e. The third kappa shape index (κ3) is 3.66. The van der Waals surface area contributed by atoms with Gasteiger partial charge in [0.1, 0.15) is 11.5 Å². The molecule has 0 aromatic heterocycles. The summed E-state index contributed by atoms with van der Waals surface area (Å²) in [7, 11) is 3.31. The van der Waals surface area contributed by atoms with E-state index in [0.717, 1.165) is 62.3 Å². The van der Waals surface area contributed by atoms with Crippen LogP contribution in [0.4, 0.5) is 0 Å². The summed E-state index contributed by atoms with van der Waals surface area (Å²) in [6.07, 6.45) is 5.89. The maximum absolute atomic E-state index is 12.7. The van der Waals surface area contributed by atoms with Crippen molar-refractivity contribution in [3.8, 4) is 11.5 Å². The molecule has 1 aromatic carbocycles. The molecule has 0 spiro atoms. The second-order valence-electron chi connectivity index (χ2n) is 6.53. The number of hydrogen-bond acceptors (Lipinski definition) is 4. The first-order valence-corrected chi connectivity index (χ1v) is 8.86. The third-order valence-corrected chi connectivity index (χ3v) is 5.08. The number of amides is 1. The Kier molecular flexibility index (Phi) is 5.61. The molecule has 2 atom stereocenters. The number of rotatable bonds is 6. The SMILES string of the molecule is COc1ccc([C@@H]2CCCN2C(=O)CC[C@H]2CCCO2)c(OC)c1. The van der Waals surface area contributed by atoms with Crippen LogP contribution in [-0.2, 0) is 9.53 Å². The number of carbonyl (C=O) groups excluding carboxylic acids is 1. The Hall–Kier alpha value is -1.75. The van der Waals surface area contributed by atoms with Crippen molar-refractivity contribution in [3.05, 3.63) is 23.8 Å². The molecule has 24 heavy (non-hydrogen) atoms. The van der Waals surface area contributed by atoms with Gasteiger partial charge in [0.15, 0.2) is 0 Å². The molecule has 0 unspecified atom stereocenters. The van der Waals surface area contributed by atoms with E-state index in [1.54, 1.807) is 14.2 Å². The average Bonchev–Trinajstić information content (AvgIpc) is 3.30. The topological polar surface area (TPSA) is 48.0 Å². The highest BCUT2D eigenvalue weighted by atomic mass is 16.5. The van der Waals surface area contributed by atoms with Gasteiger partial charge in [0.05, 0.1) is 26.4 Å². The Morgan fingerprint density at radius 3 is 2.83 bits per heavy atom. The van der Waals surface area contributed by atoms with Crippen molar-refractivity contribution in [2.75, 3.05) is 27.4 Å². The van der Waals surface area contributed by atoms with E-state index < -0.39 is 0 Å². The van der Waals surface area contributed by atoms with Gasteiger partial charge in [-0.05, 0) is 44.2 Å². The molecular formula is C19H27NO4. The number of hydrogen-bond donors (Lipinski definition) is 0. The van der Waals surface area contributed by atoms with Crippen molar-refractivity contribution in [2.45, 2.75) is 50.7 Å². The average molecular weight is 333 g/mol. The van der Waals surface area contributed by atoms with Crippen LogP contribution < -0.4 is 9.47 Å². The summed E-state index contributed by atoms with van der Waals surface area (Å²) in [5.74, 6) is 1.79. The van der Waals surface area contributed by atoms with E-state index in [4.69, 9.17) is 14.2 Å². The number of benzene rings is 1. The summed E-state index contributed by atoms with van der Waals surface area (Å²) in [5, 5.41) is 0. The smallest absolute Gasteiger partial charge is 0.223 e. The van der Waals surface area contributed by atoms with Crippen LogP contribution in [0.5, 0.6) is 11.5 Å². The predicted molar refractivity (Wildman–Crippen MR) is 91.4 cm³/mol. The molecule has 2 aliphatic rings. The number of likely N-dealkylation sites (tertiary alicyclic amines) is 1. The van der Waals surface area contributed by atoms with E-state index in [0.29, 0.717) is 6.42 Å². The monoisotopic (exact) mass is 333 g/mol. The molecule has 1 aromatic rings. The molecule has 0 radical (unpaired) electrons. The number of ether oxygens (including phenoxy) is 3. The summed E-state index contributed by atoms with van der Waals surface area (Å²) in [4.78, 5) is 14.7. The van der Waals surface area contributed by atoms with Crippen LogP contribution in [-0.4, -0.2) is 44.3 Å². The van der Waals surface area contributed by atoms with Crippen LogP contribution in [0, 0.1) is 0 Å². The Bertz CT molecular complexity index is 568. The van der Waals surface area contributed by atoms with Gasteiger partial charge in [-0.25, -0.2) is 0 Å². The number of nitrogens with zero attached hydrogens (tertiary/aromatic N) is 1. The molecule has 0 bridgehead atoms. The summed E-state index contributed by atoms with van der Waals surface area (Å²) in [5.41, 5.74) is 1.07. The first-order valence-electron chi connectivity index (χ1n) is 8.86. The van der Waals surface area contributed by atoms with Crippen LogP contribution in [0.25, 0.3) is 0 Å². The first-order chi connectivity index (χ1) is 11.7. The lowest BCUT2D eigenvalue weighted by Crippen LogP contribution is -2.31. The summed E-state index contributed by atoms with van der Waals surface area (Å²) < 4.78 is 16.4. The lowest BCUT2D eigenvalue weighted by Gasteiger charge is -2.27. The highest BCUT2D eigenvalue weighted by Gasteiger charge is 2.32. The highest BCUT2D eigenvalue weighted by Crippen LogP contribution is 2.39. The van der Waals surface area contributed by atoms with Gasteiger partial charge in [-0.1, -0.05) is 0 Å². The fraction of sp³-hybridized carbons (Fsp3) is 0.632. The predicted octanol–water partition coefficient (Wildman–Crippen LogP) is 3.33. The largest absolute Gasteiger partial charge is 0.497 e. The summed E-state index contributed by atoms with van der Waals surface area (Å²) in [6, 6.07) is 5.95. The first kappa shape index (κ1) is 17.1. The molecule has 5 nitrogen and oxygen atoms in total. The summed E-state index contributed by atoms with van der Waals surface area (Å²) >= 11 is 0. The van der Waals surface area contributed by atoms with E-state index in [2.05, 4.69) is 0 Å². The Morgan fingerprint density at radius 2 is 2.12 bits per heavy atom. The van der Waals surface area contributed by atoms with E-state index in [9.17, 15) is 4.79 Å². The third-order valence-electron chi connectivity index (χ3n) is 5.08. The van der Waals surface area contributed by atoms with Gasteiger partial charge >= 0.3 is 0 Å². The quantitative estimate of drug-likeness (QED) is 0.801. The lowest BCUT2D eigenvalue weighted by molar-refractivity contribution is -0.132. The van der Waals surface area contributed by atoms with E-state index >= 15 is 0 Å². The van der Waals surface area contributed by atoms with Crippen molar-refractivity contribution in [3.63, 3.8) is 0 Å². The number of methoxy groups -OCH3 is 2. The standard InChI is InChI=1S/C19H27NO4/c1-22-15-7-9-16(18(13-15)23-2)17-6-3-11-20(17)19(21)10-8-14-5-4-12-24-14/h7,9,13-14,17H,3-6,8,10-12H2,1-2H3/t14-,17+/m1/s1. The fourth-order valence-electron chi connectivity index (χ4n) is 3.78. The van der Waals surface area contributed by atoms with Gasteiger partial charge in [0.25, 0.3) is 0 Å². The van der Waals surface area contributed by atoms with E-state index in [1.165, 1.54) is 0 Å². The molecule has 2 aliphatic heterocycles. The van der Waals surface area contributed by atoms with Gasteiger partial charge in [-0.15, -0.1) is 0 Å². The Balaban J connectivity index is 1.69. The zero-order chi connectivity index (χ0) is 16.9. The van der Waals surface area contributed by atoms with Gasteiger partial charge in [0.2, 0.25) is 5.91 Å². The van der Waals surface area contributed by atoms with Crippen molar-refractivity contribution < 1.29 is 19.0 Å². The molecule has 0 saturated carbocycles. The Morgan fingerprint density at radius 1 is 1.25 bits per heavy atom. The van der Waals surface area contributed by atoms with Crippen LogP contribution in [0.15, 0.2) is 18.2 Å². The Labute approximate surface area is 143 Å². The summed E-state index contributed by atoms with van der Waals surface area (Å²) in [6.45, 7) is 1.67. The van der Waals surface area contributed by atoms with Gasteiger partial charge in [-0.3, -0.25) is 4.79 Å². The minimum Gasteiger partial charge on any atom is -0.497 e. The van der Waals surface area contributed by atoms with Gasteiger partial charge in [0, 0.05) is 31.2 Å². The minimum absolute atomic E-state index is 0.0999. The molecule has 132 valence electrons. The van der Waals surface area contributed by atoms with Crippen LogP contribution in [0.1, 0.15) is 50.1 Å². The zero-order valence-electron chi connectivity index (χ0n) is 14.6. The van der Waals surface area contributed by atoms with E-state index in [-0.39, 0.29) is 18.1 Å². The normalized spacial score (nSPS) is 23.5. The highest BCUT2D eigenvalue weighted by molar-refractivity contribution is 5.77. The van der Waals surface area contributed by atoms with Crippen molar-refractivity contribution in [2.24, 2.45) is 0 Å². The second-order valence-corrected chi connectivity index (χ2v) is 6.53. The van der Waals surface area contributed by atoms with Crippen molar-refractivity contribution in [1.82, 2.24) is 4.90 Å². The van der Waals surface area contributed by atoms with Crippen LogP contribution in [0.3, 0.4) is 0 Å². The molecule has 0 aliphatic carbocycles. The van der Waals surface area contributed by atoms with Crippen LogP contribution in [0.2, 0.25) is 0 Å².